The summed E-state index contributed by atoms with van der Waals surface area (Å²) in [7, 11) is 0. The fourth-order valence-electron chi connectivity index (χ4n) is 3.58. The lowest BCUT2D eigenvalue weighted by Gasteiger charge is -2.23. The van der Waals surface area contributed by atoms with Crippen molar-refractivity contribution in [1.29, 1.82) is 0 Å². The molecule has 27 heavy (non-hydrogen) atoms. The molecule has 0 heterocycles. The van der Waals surface area contributed by atoms with Crippen LogP contribution in [0, 0.1) is 5.92 Å². The summed E-state index contributed by atoms with van der Waals surface area (Å²) in [5, 5.41) is 7.42. The number of hydrogen-bond donors (Lipinski definition) is 2. The number of hydrogen-bond acceptors (Lipinski definition) is 2. The molecule has 2 N–H and O–H groups in total. The van der Waals surface area contributed by atoms with Crippen molar-refractivity contribution >= 4 is 23.0 Å². The van der Waals surface area contributed by atoms with Gasteiger partial charge in [-0.3, -0.25) is 0 Å². The number of benzene rings is 2. The predicted octanol–water partition coefficient (Wildman–Crippen LogP) is 6.08. The van der Waals surface area contributed by atoms with Crippen molar-refractivity contribution in [1.82, 2.24) is 5.32 Å². The van der Waals surface area contributed by atoms with Crippen molar-refractivity contribution in [3.63, 3.8) is 0 Å². The highest BCUT2D eigenvalue weighted by Crippen LogP contribution is 2.25. The van der Waals surface area contributed by atoms with Crippen molar-refractivity contribution in [3.8, 4) is 5.75 Å². The number of ether oxygens (including phenoxy) is 1. The maximum Gasteiger partial charge on any atom is 0.171 e. The molecule has 0 aliphatic heterocycles. The van der Waals surface area contributed by atoms with E-state index in [4.69, 9.17) is 17.0 Å². The first-order chi connectivity index (χ1) is 13.1. The monoisotopic (exact) mass is 382 g/mol. The van der Waals surface area contributed by atoms with E-state index < -0.39 is 0 Å². The molecular weight excluding hydrogens is 352 g/mol. The van der Waals surface area contributed by atoms with Crippen LogP contribution in [-0.2, 0) is 0 Å². The van der Waals surface area contributed by atoms with Gasteiger partial charge in [0.1, 0.15) is 5.75 Å². The standard InChI is InChI=1S/C23H30N2OS/c1-17(2)16-22(18-8-4-3-5-9-18)25-23(27)24-19-12-14-21(15-13-19)26-20-10-6-7-11-20/h3-5,8-9,12-15,17,20,22H,6-7,10-11,16H2,1-2H3,(H2,24,25,27). The largest absolute Gasteiger partial charge is 0.490 e. The Hall–Kier alpha value is -2.07. The molecule has 0 spiro atoms. The lowest BCUT2D eigenvalue weighted by Crippen LogP contribution is -2.33. The minimum atomic E-state index is 0.205. The average molecular weight is 383 g/mol. The van der Waals surface area contributed by atoms with E-state index >= 15 is 0 Å². The Bertz CT molecular complexity index is 709. The summed E-state index contributed by atoms with van der Waals surface area (Å²) >= 11 is 5.56. The van der Waals surface area contributed by atoms with E-state index in [2.05, 4.69) is 48.7 Å². The van der Waals surface area contributed by atoms with E-state index in [0.29, 0.717) is 17.1 Å². The Morgan fingerprint density at radius 1 is 1.04 bits per heavy atom. The highest BCUT2D eigenvalue weighted by Gasteiger charge is 2.17. The van der Waals surface area contributed by atoms with Crippen LogP contribution in [0.25, 0.3) is 0 Å². The van der Waals surface area contributed by atoms with E-state index in [1.807, 2.05) is 30.3 Å². The Kier molecular flexibility index (Phi) is 7.11. The van der Waals surface area contributed by atoms with Gasteiger partial charge in [0.05, 0.1) is 12.1 Å². The highest BCUT2D eigenvalue weighted by molar-refractivity contribution is 7.80. The molecule has 1 unspecified atom stereocenters. The van der Waals surface area contributed by atoms with Gasteiger partial charge < -0.3 is 15.4 Å². The van der Waals surface area contributed by atoms with E-state index in [-0.39, 0.29) is 6.04 Å². The first-order valence-electron chi connectivity index (χ1n) is 9.99. The molecule has 3 nitrogen and oxygen atoms in total. The van der Waals surface area contributed by atoms with Crippen molar-refractivity contribution < 1.29 is 4.74 Å². The van der Waals surface area contributed by atoms with Gasteiger partial charge in [-0.05, 0) is 80.1 Å². The zero-order valence-corrected chi connectivity index (χ0v) is 17.1. The minimum Gasteiger partial charge on any atom is -0.490 e. The molecule has 3 rings (SSSR count). The number of rotatable bonds is 7. The molecule has 1 saturated carbocycles. The predicted molar refractivity (Wildman–Crippen MR) is 117 cm³/mol. The van der Waals surface area contributed by atoms with Crippen molar-refractivity contribution in [3.05, 3.63) is 60.2 Å². The SMILES string of the molecule is CC(C)CC(NC(=S)Nc1ccc(OC2CCCC2)cc1)c1ccccc1. The first-order valence-corrected chi connectivity index (χ1v) is 10.4. The van der Waals surface area contributed by atoms with Gasteiger partial charge in [-0.2, -0.15) is 0 Å². The highest BCUT2D eigenvalue weighted by atomic mass is 32.1. The summed E-state index contributed by atoms with van der Waals surface area (Å²) in [5.41, 5.74) is 2.23. The van der Waals surface area contributed by atoms with Crippen LogP contribution in [0.4, 0.5) is 5.69 Å². The van der Waals surface area contributed by atoms with Gasteiger partial charge in [-0.15, -0.1) is 0 Å². The van der Waals surface area contributed by atoms with Gasteiger partial charge in [0.25, 0.3) is 0 Å². The summed E-state index contributed by atoms with van der Waals surface area (Å²) in [6.45, 7) is 4.47. The van der Waals surface area contributed by atoms with Gasteiger partial charge >= 0.3 is 0 Å². The Balaban J connectivity index is 1.56. The van der Waals surface area contributed by atoms with Crippen LogP contribution in [0.1, 0.15) is 57.6 Å². The van der Waals surface area contributed by atoms with Gasteiger partial charge in [0, 0.05) is 5.69 Å². The third-order valence-electron chi connectivity index (χ3n) is 4.93. The Morgan fingerprint density at radius 2 is 1.70 bits per heavy atom. The molecule has 1 aliphatic rings. The summed E-state index contributed by atoms with van der Waals surface area (Å²) in [6.07, 6.45) is 6.32. The number of anilines is 1. The van der Waals surface area contributed by atoms with Crippen molar-refractivity contribution in [2.24, 2.45) is 5.92 Å². The van der Waals surface area contributed by atoms with Crippen LogP contribution in [0.2, 0.25) is 0 Å². The van der Waals surface area contributed by atoms with Crippen molar-refractivity contribution in [2.45, 2.75) is 58.1 Å². The number of nitrogens with one attached hydrogen (secondary N) is 2. The quantitative estimate of drug-likeness (QED) is 0.568. The Morgan fingerprint density at radius 3 is 2.33 bits per heavy atom. The van der Waals surface area contributed by atoms with E-state index in [9.17, 15) is 0 Å². The van der Waals surface area contributed by atoms with Crippen LogP contribution in [0.5, 0.6) is 5.75 Å². The molecule has 0 amide bonds. The lowest BCUT2D eigenvalue weighted by atomic mass is 9.97. The maximum absolute atomic E-state index is 6.03. The second-order valence-electron chi connectivity index (χ2n) is 7.74. The summed E-state index contributed by atoms with van der Waals surface area (Å²) in [4.78, 5) is 0. The topological polar surface area (TPSA) is 33.3 Å². The summed E-state index contributed by atoms with van der Waals surface area (Å²) < 4.78 is 6.03. The van der Waals surface area contributed by atoms with Crippen LogP contribution in [-0.4, -0.2) is 11.2 Å². The zero-order chi connectivity index (χ0) is 19.1. The Labute approximate surface area is 168 Å². The molecule has 1 fully saturated rings. The molecule has 0 aromatic heterocycles. The van der Waals surface area contributed by atoms with E-state index in [0.717, 1.165) is 17.9 Å². The average Bonchev–Trinajstić information content (AvgIpc) is 3.16. The lowest BCUT2D eigenvalue weighted by molar-refractivity contribution is 0.210. The summed E-state index contributed by atoms with van der Waals surface area (Å²) in [6, 6.07) is 18.8. The molecule has 144 valence electrons. The fraction of sp³-hybridized carbons (Fsp3) is 0.435. The van der Waals surface area contributed by atoms with E-state index in [1.54, 1.807) is 0 Å². The number of thiocarbonyl (C=S) groups is 1. The normalized spacial score (nSPS) is 15.5. The maximum atomic E-state index is 6.03. The second-order valence-corrected chi connectivity index (χ2v) is 8.15. The first kappa shape index (κ1) is 19.7. The molecule has 4 heteroatoms. The molecule has 1 atom stereocenters. The van der Waals surface area contributed by atoms with Crippen LogP contribution < -0.4 is 15.4 Å². The second kappa shape index (κ2) is 9.75. The van der Waals surface area contributed by atoms with Gasteiger partial charge in [0.2, 0.25) is 0 Å². The molecule has 0 bridgehead atoms. The molecule has 2 aromatic rings. The van der Waals surface area contributed by atoms with E-state index in [1.165, 1.54) is 31.2 Å². The van der Waals surface area contributed by atoms with Crippen LogP contribution in [0.3, 0.4) is 0 Å². The molecule has 1 aliphatic carbocycles. The van der Waals surface area contributed by atoms with Crippen LogP contribution in [0.15, 0.2) is 54.6 Å². The zero-order valence-electron chi connectivity index (χ0n) is 16.3. The molecular formula is C23H30N2OS. The van der Waals surface area contributed by atoms with Gasteiger partial charge in [-0.1, -0.05) is 44.2 Å². The van der Waals surface area contributed by atoms with Crippen molar-refractivity contribution in [2.75, 3.05) is 5.32 Å². The van der Waals surface area contributed by atoms with Gasteiger partial charge in [-0.25, -0.2) is 0 Å². The van der Waals surface area contributed by atoms with Crippen LogP contribution >= 0.6 is 12.2 Å². The third kappa shape index (κ3) is 6.24. The minimum absolute atomic E-state index is 0.205. The molecule has 2 aromatic carbocycles. The smallest absolute Gasteiger partial charge is 0.171 e. The molecule has 0 saturated heterocycles. The summed E-state index contributed by atoms with van der Waals surface area (Å²) in [5.74, 6) is 1.52. The molecule has 0 radical (unpaired) electrons. The third-order valence-corrected chi connectivity index (χ3v) is 5.15. The fourth-order valence-corrected chi connectivity index (χ4v) is 3.84. The van der Waals surface area contributed by atoms with Gasteiger partial charge in [0.15, 0.2) is 5.11 Å².